The smallest absolute Gasteiger partial charge is 0.350 e. The van der Waals surface area contributed by atoms with E-state index in [2.05, 4.69) is 0 Å². The Hall–Kier alpha value is -2.22. The van der Waals surface area contributed by atoms with Crippen molar-refractivity contribution in [2.24, 2.45) is 0 Å². The molecule has 0 bridgehead atoms. The molecule has 0 unspecified atom stereocenters. The van der Waals surface area contributed by atoms with Crippen LogP contribution >= 0.6 is 0 Å². The van der Waals surface area contributed by atoms with Crippen molar-refractivity contribution in [3.8, 4) is 11.5 Å². The molecule has 0 aliphatic carbocycles. The summed E-state index contributed by atoms with van der Waals surface area (Å²) in [6.45, 7) is 0.568. The Morgan fingerprint density at radius 1 is 1.22 bits per heavy atom. The molecule has 1 amide bonds. The molecule has 6 nitrogen and oxygen atoms in total. The zero-order chi connectivity index (χ0) is 17.0. The second-order valence-corrected chi connectivity index (χ2v) is 4.89. The molecule has 1 aliphatic rings. The van der Waals surface area contributed by atoms with Gasteiger partial charge in [0, 0.05) is 24.2 Å². The molecule has 0 N–H and O–H groups in total. The van der Waals surface area contributed by atoms with Crippen molar-refractivity contribution in [1.29, 1.82) is 0 Å². The fourth-order valence-electron chi connectivity index (χ4n) is 2.34. The third-order valence-corrected chi connectivity index (χ3v) is 3.59. The topological polar surface area (TPSA) is 65.1 Å². The van der Waals surface area contributed by atoms with Crippen molar-refractivity contribution in [2.45, 2.75) is 5.92 Å². The zero-order valence-corrected chi connectivity index (χ0v) is 12.8. The zero-order valence-electron chi connectivity index (χ0n) is 12.8. The first kappa shape index (κ1) is 17.1. The number of methoxy groups -OCH3 is 2. The summed E-state index contributed by atoms with van der Waals surface area (Å²) in [6, 6.07) is 2.09. The second-order valence-electron chi connectivity index (χ2n) is 4.89. The first-order valence-electron chi connectivity index (χ1n) is 6.92. The molecule has 0 atom stereocenters. The molecule has 1 aromatic rings. The Bertz CT molecular complexity index is 600. The fourth-order valence-corrected chi connectivity index (χ4v) is 2.34. The van der Waals surface area contributed by atoms with Crippen LogP contribution < -0.4 is 9.47 Å². The van der Waals surface area contributed by atoms with Gasteiger partial charge in [0.25, 0.3) is 5.91 Å². The van der Waals surface area contributed by atoms with E-state index in [0.29, 0.717) is 0 Å². The summed E-state index contributed by atoms with van der Waals surface area (Å²) < 4.78 is 44.3. The molecule has 1 saturated heterocycles. The van der Waals surface area contributed by atoms with Crippen LogP contribution in [-0.4, -0.2) is 57.6 Å². The van der Waals surface area contributed by atoms with Gasteiger partial charge in [-0.3, -0.25) is 9.59 Å². The maximum absolute atomic E-state index is 14.6. The minimum atomic E-state index is -3.85. The molecule has 0 aromatic heterocycles. The maximum Gasteiger partial charge on any atom is 0.350 e. The Kier molecular flexibility index (Phi) is 5.15. The average molecular weight is 329 g/mol. The number of alkyl halides is 2. The van der Waals surface area contributed by atoms with E-state index >= 15 is 0 Å². The van der Waals surface area contributed by atoms with Gasteiger partial charge < -0.3 is 19.1 Å². The van der Waals surface area contributed by atoms with E-state index in [-0.39, 0.29) is 49.7 Å². The van der Waals surface area contributed by atoms with Crippen molar-refractivity contribution >= 4 is 12.2 Å². The second kappa shape index (κ2) is 6.91. The van der Waals surface area contributed by atoms with E-state index in [1.807, 2.05) is 0 Å². The number of hydrogen-bond acceptors (Lipinski definition) is 5. The van der Waals surface area contributed by atoms with Crippen LogP contribution in [0.15, 0.2) is 12.1 Å². The Balaban J connectivity index is 2.44. The molecule has 1 aromatic carbocycles. The minimum absolute atomic E-state index is 0.0163. The van der Waals surface area contributed by atoms with Gasteiger partial charge in [0.2, 0.25) is 0 Å². The molecular formula is C15H17F2NO5. The van der Waals surface area contributed by atoms with Gasteiger partial charge in [-0.25, -0.2) is 0 Å². The quantitative estimate of drug-likeness (QED) is 0.766. The number of nitrogens with zero attached hydrogens (tertiary/aromatic N) is 1. The van der Waals surface area contributed by atoms with Crippen molar-refractivity contribution in [3.05, 3.63) is 23.3 Å². The number of rotatable bonds is 5. The number of benzene rings is 1. The van der Waals surface area contributed by atoms with E-state index in [0.717, 1.165) is 17.0 Å². The summed E-state index contributed by atoms with van der Waals surface area (Å²) in [7, 11) is 2.60. The first-order valence-corrected chi connectivity index (χ1v) is 6.92. The normalized spacial score (nSPS) is 15.2. The van der Waals surface area contributed by atoms with Gasteiger partial charge in [-0.05, 0) is 12.1 Å². The molecule has 23 heavy (non-hydrogen) atoms. The number of amides is 1. The molecule has 8 heteroatoms. The van der Waals surface area contributed by atoms with Gasteiger partial charge in [0.05, 0.1) is 27.4 Å². The van der Waals surface area contributed by atoms with Crippen LogP contribution in [0.3, 0.4) is 0 Å². The van der Waals surface area contributed by atoms with Crippen molar-refractivity contribution in [2.75, 3.05) is 40.5 Å². The Morgan fingerprint density at radius 3 is 2.30 bits per heavy atom. The number of carbonyl (C=O) groups is 2. The third-order valence-electron chi connectivity index (χ3n) is 3.59. The molecule has 1 aliphatic heterocycles. The van der Waals surface area contributed by atoms with E-state index in [1.165, 1.54) is 14.2 Å². The predicted octanol–water partition coefficient (Wildman–Crippen LogP) is 1.47. The Labute approximate surface area is 131 Å². The van der Waals surface area contributed by atoms with E-state index in [1.54, 1.807) is 0 Å². The number of aldehydes is 1. The summed E-state index contributed by atoms with van der Waals surface area (Å²) in [4.78, 5) is 24.4. The largest absolute Gasteiger partial charge is 0.493 e. The molecule has 0 saturated carbocycles. The number of ether oxygens (including phenoxy) is 3. The fraction of sp³-hybridized carbons (Fsp3) is 0.467. The summed E-state index contributed by atoms with van der Waals surface area (Å²) in [5, 5.41) is 0. The van der Waals surface area contributed by atoms with Gasteiger partial charge in [-0.2, -0.15) is 8.78 Å². The Morgan fingerprint density at radius 2 is 1.78 bits per heavy atom. The molecular weight excluding hydrogens is 312 g/mol. The lowest BCUT2D eigenvalue weighted by Gasteiger charge is -2.30. The predicted molar refractivity (Wildman–Crippen MR) is 76.2 cm³/mol. The van der Waals surface area contributed by atoms with Crippen LogP contribution in [-0.2, 0) is 15.5 Å². The number of morpholine rings is 1. The summed E-state index contributed by atoms with van der Waals surface area (Å²) in [5.74, 6) is -5.07. The molecule has 126 valence electrons. The highest BCUT2D eigenvalue weighted by molar-refractivity contribution is 5.90. The molecule has 0 radical (unpaired) electrons. The molecule has 1 fully saturated rings. The summed E-state index contributed by atoms with van der Waals surface area (Å²) in [5.41, 5.74) is -1.03. The lowest BCUT2D eigenvalue weighted by atomic mass is 10.00. The van der Waals surface area contributed by atoms with E-state index in [9.17, 15) is 18.4 Å². The van der Waals surface area contributed by atoms with Gasteiger partial charge in [0.1, 0.15) is 0 Å². The van der Waals surface area contributed by atoms with Gasteiger partial charge in [-0.1, -0.05) is 0 Å². The molecule has 2 rings (SSSR count). The van der Waals surface area contributed by atoms with Crippen molar-refractivity contribution in [3.63, 3.8) is 0 Å². The van der Waals surface area contributed by atoms with Crippen LogP contribution in [0.25, 0.3) is 0 Å². The number of carbonyl (C=O) groups excluding carboxylic acids is 2. The number of hydrogen-bond donors (Lipinski definition) is 0. The van der Waals surface area contributed by atoms with Crippen LogP contribution in [0, 0.1) is 0 Å². The van der Waals surface area contributed by atoms with Gasteiger partial charge in [-0.15, -0.1) is 0 Å². The number of halogens is 2. The first-order chi connectivity index (χ1) is 11.0. The van der Waals surface area contributed by atoms with Crippen LogP contribution in [0.5, 0.6) is 11.5 Å². The highest BCUT2D eigenvalue weighted by Gasteiger charge is 2.46. The van der Waals surface area contributed by atoms with Crippen molar-refractivity contribution < 1.29 is 32.6 Å². The third kappa shape index (κ3) is 3.26. The minimum Gasteiger partial charge on any atom is -0.493 e. The molecule has 1 heterocycles. The average Bonchev–Trinajstić information content (AvgIpc) is 2.60. The summed E-state index contributed by atoms with van der Waals surface area (Å²) >= 11 is 0. The standard InChI is InChI=1S/C15H17F2NO5/c1-21-12-7-10(9-19)11(8-13(12)22-2)15(16,17)14(20)18-3-5-23-6-4-18/h7-9H,3-6H2,1-2H3. The van der Waals surface area contributed by atoms with Crippen LogP contribution in [0.1, 0.15) is 15.9 Å². The molecule has 0 spiro atoms. The van der Waals surface area contributed by atoms with E-state index in [4.69, 9.17) is 14.2 Å². The maximum atomic E-state index is 14.6. The highest BCUT2D eigenvalue weighted by Crippen LogP contribution is 2.39. The SMILES string of the molecule is COc1cc(C=O)c(C(F)(F)C(=O)N2CCOCC2)cc1OC. The van der Waals surface area contributed by atoms with Gasteiger partial charge >= 0.3 is 5.92 Å². The lowest BCUT2D eigenvalue weighted by molar-refractivity contribution is -0.163. The van der Waals surface area contributed by atoms with Gasteiger partial charge in [0.15, 0.2) is 17.8 Å². The van der Waals surface area contributed by atoms with Crippen molar-refractivity contribution in [1.82, 2.24) is 4.90 Å². The lowest BCUT2D eigenvalue weighted by Crippen LogP contribution is -2.47. The monoisotopic (exact) mass is 329 g/mol. The van der Waals surface area contributed by atoms with Crippen LogP contribution in [0.2, 0.25) is 0 Å². The summed E-state index contributed by atoms with van der Waals surface area (Å²) in [6.07, 6.45) is 0.262. The van der Waals surface area contributed by atoms with E-state index < -0.39 is 17.4 Å². The highest BCUT2D eigenvalue weighted by atomic mass is 19.3. The van der Waals surface area contributed by atoms with Crippen LogP contribution in [0.4, 0.5) is 8.78 Å².